The van der Waals surface area contributed by atoms with Gasteiger partial charge in [-0.25, -0.2) is 5.43 Å². The van der Waals surface area contributed by atoms with Crippen LogP contribution < -0.4 is 15.5 Å². The summed E-state index contributed by atoms with van der Waals surface area (Å²) in [6.07, 6.45) is 1.31. The quantitative estimate of drug-likeness (QED) is 0.358. The Morgan fingerprint density at radius 1 is 0.969 bits per heavy atom. The number of para-hydroxylation sites is 1. The largest absolute Gasteiger partial charge is 0.504 e. The summed E-state index contributed by atoms with van der Waals surface area (Å²) in [5, 5.41) is 16.7. The molecule has 0 heterocycles. The summed E-state index contributed by atoms with van der Waals surface area (Å²) < 4.78 is 5.32. The summed E-state index contributed by atoms with van der Waals surface area (Å²) in [6, 6.07) is 23.8. The Morgan fingerprint density at radius 2 is 1.59 bits per heavy atom. The van der Waals surface area contributed by atoms with Crippen LogP contribution in [0.2, 0.25) is 0 Å². The maximum absolute atomic E-state index is 12.9. The highest BCUT2D eigenvalue weighted by Gasteiger charge is 2.22. The molecule has 0 aromatic heterocycles. The second kappa shape index (κ2) is 11.3. The summed E-state index contributed by atoms with van der Waals surface area (Å²) in [5.74, 6) is -1.04. The van der Waals surface area contributed by atoms with Crippen LogP contribution in [0.4, 0.5) is 0 Å². The third-order valence-electron chi connectivity index (χ3n) is 4.67. The lowest BCUT2D eigenvalue weighted by Gasteiger charge is -2.17. The van der Waals surface area contributed by atoms with E-state index in [0.717, 1.165) is 11.1 Å². The maximum Gasteiger partial charge on any atom is 0.259 e. The highest BCUT2D eigenvalue weighted by molar-refractivity contribution is 5.91. The van der Waals surface area contributed by atoms with Crippen molar-refractivity contribution in [2.75, 3.05) is 13.2 Å². The van der Waals surface area contributed by atoms with Crippen molar-refractivity contribution in [3.05, 3.63) is 95.6 Å². The van der Waals surface area contributed by atoms with E-state index in [4.69, 9.17) is 4.74 Å². The molecule has 3 aromatic rings. The third-order valence-corrected chi connectivity index (χ3v) is 4.67. The molecule has 0 aliphatic carbocycles. The van der Waals surface area contributed by atoms with Gasteiger partial charge in [-0.1, -0.05) is 66.7 Å². The normalized spacial score (nSPS) is 10.8. The molecular weight excluding hydrogens is 406 g/mol. The molecule has 0 unspecified atom stereocenters. The van der Waals surface area contributed by atoms with E-state index in [1.54, 1.807) is 18.2 Å². The number of nitrogens with one attached hydrogen (secondary N) is 2. The van der Waals surface area contributed by atoms with Crippen molar-refractivity contribution in [2.24, 2.45) is 5.10 Å². The Morgan fingerprint density at radius 3 is 2.19 bits per heavy atom. The van der Waals surface area contributed by atoms with Crippen LogP contribution in [0.25, 0.3) is 0 Å². The van der Waals surface area contributed by atoms with Crippen LogP contribution in [0.15, 0.2) is 84.0 Å². The first-order valence-corrected chi connectivity index (χ1v) is 10.2. The Bertz CT molecular complexity index is 1030. The van der Waals surface area contributed by atoms with Crippen LogP contribution in [-0.2, 0) is 9.59 Å². The van der Waals surface area contributed by atoms with Gasteiger partial charge in [-0.15, -0.1) is 0 Å². The minimum absolute atomic E-state index is 0.0609. The average molecular weight is 431 g/mol. The fraction of sp³-hybridized carbons (Fsp3) is 0.160. The Hall–Kier alpha value is -4.13. The molecule has 0 aliphatic rings. The molecule has 3 aromatic carbocycles. The summed E-state index contributed by atoms with van der Waals surface area (Å²) in [4.78, 5) is 25.1. The number of rotatable bonds is 9. The van der Waals surface area contributed by atoms with Gasteiger partial charge in [0.2, 0.25) is 5.91 Å². The van der Waals surface area contributed by atoms with E-state index >= 15 is 0 Å². The number of hydrogen-bond donors (Lipinski definition) is 3. The summed E-state index contributed by atoms with van der Waals surface area (Å²) in [6.45, 7) is 1.99. The van der Waals surface area contributed by atoms with Crippen LogP contribution in [0.5, 0.6) is 11.5 Å². The minimum atomic E-state index is -0.535. The average Bonchev–Trinajstić information content (AvgIpc) is 2.82. The van der Waals surface area contributed by atoms with Gasteiger partial charge in [0.05, 0.1) is 25.3 Å². The second-order valence-corrected chi connectivity index (χ2v) is 6.89. The lowest BCUT2D eigenvalue weighted by Crippen LogP contribution is -2.37. The number of ether oxygens (including phenoxy) is 1. The fourth-order valence-corrected chi connectivity index (χ4v) is 3.18. The van der Waals surface area contributed by atoms with E-state index in [0.29, 0.717) is 17.9 Å². The number of phenolic OH excluding ortho intramolecular Hbond substituents is 1. The van der Waals surface area contributed by atoms with Crippen LogP contribution in [0.1, 0.15) is 29.5 Å². The van der Waals surface area contributed by atoms with Gasteiger partial charge in [0.25, 0.3) is 5.91 Å². The van der Waals surface area contributed by atoms with E-state index in [9.17, 15) is 14.7 Å². The number of nitrogens with zero attached hydrogens (tertiary/aromatic N) is 1. The first-order valence-electron chi connectivity index (χ1n) is 10.2. The molecular formula is C25H25N3O4. The lowest BCUT2D eigenvalue weighted by molar-refractivity contribution is -0.126. The number of hydrogen-bond acceptors (Lipinski definition) is 5. The van der Waals surface area contributed by atoms with Crippen molar-refractivity contribution in [2.45, 2.75) is 12.8 Å². The maximum atomic E-state index is 12.9. The topological polar surface area (TPSA) is 100 Å². The Balaban J connectivity index is 1.60. The van der Waals surface area contributed by atoms with Crippen molar-refractivity contribution in [3.8, 4) is 11.5 Å². The number of carbonyl (C=O) groups excluding carboxylic acids is 2. The van der Waals surface area contributed by atoms with E-state index in [1.807, 2.05) is 67.6 Å². The number of benzene rings is 3. The van der Waals surface area contributed by atoms with Crippen molar-refractivity contribution in [3.63, 3.8) is 0 Å². The van der Waals surface area contributed by atoms with Gasteiger partial charge in [-0.2, -0.15) is 5.10 Å². The fourth-order valence-electron chi connectivity index (χ4n) is 3.18. The van der Waals surface area contributed by atoms with Crippen LogP contribution in [0, 0.1) is 0 Å². The molecule has 32 heavy (non-hydrogen) atoms. The smallest absolute Gasteiger partial charge is 0.259 e. The summed E-state index contributed by atoms with van der Waals surface area (Å²) >= 11 is 0. The number of hydrazone groups is 1. The molecule has 0 aliphatic heterocycles. The molecule has 0 spiro atoms. The molecule has 2 amide bonds. The van der Waals surface area contributed by atoms with Gasteiger partial charge in [0, 0.05) is 5.56 Å². The minimum Gasteiger partial charge on any atom is -0.504 e. The first kappa shape index (κ1) is 22.6. The number of phenols is 1. The molecule has 0 radical (unpaired) electrons. The van der Waals surface area contributed by atoms with Gasteiger partial charge in [0.1, 0.15) is 0 Å². The first-order chi connectivity index (χ1) is 15.6. The van der Waals surface area contributed by atoms with E-state index in [-0.39, 0.29) is 18.2 Å². The Labute approximate surface area is 186 Å². The van der Waals surface area contributed by atoms with Crippen LogP contribution in [0.3, 0.4) is 0 Å². The van der Waals surface area contributed by atoms with Gasteiger partial charge in [0.15, 0.2) is 11.5 Å². The van der Waals surface area contributed by atoms with Crippen LogP contribution in [-0.4, -0.2) is 36.3 Å². The second-order valence-electron chi connectivity index (χ2n) is 6.89. The Kier molecular flexibility index (Phi) is 7.97. The highest BCUT2D eigenvalue weighted by atomic mass is 16.5. The van der Waals surface area contributed by atoms with E-state index in [1.165, 1.54) is 6.21 Å². The zero-order chi connectivity index (χ0) is 22.8. The molecule has 164 valence electrons. The number of aromatic hydroxyl groups is 1. The van der Waals surface area contributed by atoms with Crippen LogP contribution >= 0.6 is 0 Å². The zero-order valence-electron chi connectivity index (χ0n) is 17.7. The molecule has 0 bridgehead atoms. The molecule has 3 N–H and O–H groups in total. The van der Waals surface area contributed by atoms with Gasteiger partial charge >= 0.3 is 0 Å². The van der Waals surface area contributed by atoms with Crippen molar-refractivity contribution in [1.29, 1.82) is 0 Å². The molecule has 7 heteroatoms. The number of amides is 2. The third kappa shape index (κ3) is 5.95. The van der Waals surface area contributed by atoms with Gasteiger partial charge < -0.3 is 15.2 Å². The molecule has 0 saturated heterocycles. The highest BCUT2D eigenvalue weighted by Crippen LogP contribution is 2.28. The summed E-state index contributed by atoms with van der Waals surface area (Å²) in [7, 11) is 0. The number of carbonyl (C=O) groups is 2. The van der Waals surface area contributed by atoms with Crippen molar-refractivity contribution < 1.29 is 19.4 Å². The monoisotopic (exact) mass is 431 g/mol. The molecule has 3 rings (SSSR count). The molecule has 0 fully saturated rings. The molecule has 0 saturated carbocycles. The predicted octanol–water partition coefficient (Wildman–Crippen LogP) is 3.19. The van der Waals surface area contributed by atoms with Gasteiger partial charge in [-0.3, -0.25) is 9.59 Å². The standard InChI is InChI=1S/C25H25N3O4/c1-2-32-21-15-9-14-20(24(21)30)16-27-28-22(29)17-26-25(31)23(18-10-5-3-6-11-18)19-12-7-4-8-13-19/h3-16,23,30H,2,17H2,1H3,(H,26,31)(H,28,29). The van der Waals surface area contributed by atoms with Gasteiger partial charge in [-0.05, 0) is 30.2 Å². The summed E-state index contributed by atoms with van der Waals surface area (Å²) in [5.41, 5.74) is 4.41. The van der Waals surface area contributed by atoms with Crippen molar-refractivity contribution >= 4 is 18.0 Å². The molecule has 7 nitrogen and oxygen atoms in total. The predicted molar refractivity (Wildman–Crippen MR) is 123 cm³/mol. The zero-order valence-corrected chi connectivity index (χ0v) is 17.7. The lowest BCUT2D eigenvalue weighted by atomic mass is 9.90. The van der Waals surface area contributed by atoms with E-state index in [2.05, 4.69) is 15.8 Å². The van der Waals surface area contributed by atoms with Crippen molar-refractivity contribution in [1.82, 2.24) is 10.7 Å². The SMILES string of the molecule is CCOc1cccc(C=NNC(=O)CNC(=O)C(c2ccccc2)c2ccccc2)c1O. The van der Waals surface area contributed by atoms with E-state index < -0.39 is 11.8 Å². The molecule has 0 atom stereocenters.